The van der Waals surface area contributed by atoms with Gasteiger partial charge in [0.2, 0.25) is 0 Å². The summed E-state index contributed by atoms with van der Waals surface area (Å²) in [4.78, 5) is 28.5. The van der Waals surface area contributed by atoms with Gasteiger partial charge < -0.3 is 9.84 Å². The molecular formula is C34H41ClN2O4. The molecule has 41 heavy (non-hydrogen) atoms. The van der Waals surface area contributed by atoms with E-state index in [1.165, 1.54) is 10.5 Å². The topological polar surface area (TPSA) is 70.1 Å². The average molecular weight is 577 g/mol. The number of esters is 1. The molecule has 2 aromatic rings. The Hall–Kier alpha value is -3.35. The third kappa shape index (κ3) is 7.11. The maximum absolute atomic E-state index is 13.0. The first-order valence-electron chi connectivity index (χ1n) is 14.4. The molecule has 0 fully saturated rings. The van der Waals surface area contributed by atoms with Crippen LogP contribution in [0.4, 0.5) is 4.79 Å². The predicted octanol–water partition coefficient (Wildman–Crippen LogP) is 8.39. The Morgan fingerprint density at radius 1 is 1.12 bits per heavy atom. The highest BCUT2D eigenvalue weighted by Crippen LogP contribution is 2.42. The molecule has 1 N–H and O–H groups in total. The van der Waals surface area contributed by atoms with Gasteiger partial charge in [-0.15, -0.1) is 0 Å². The summed E-state index contributed by atoms with van der Waals surface area (Å²) in [5.74, 6) is -0.345. The summed E-state index contributed by atoms with van der Waals surface area (Å²) in [6.45, 7) is 10.2. The van der Waals surface area contributed by atoms with Gasteiger partial charge in [0.05, 0.1) is 17.8 Å². The van der Waals surface area contributed by atoms with Gasteiger partial charge in [-0.05, 0) is 87.8 Å². The molecule has 0 radical (unpaired) electrons. The molecule has 0 bridgehead atoms. The molecule has 2 atom stereocenters. The molecule has 7 heteroatoms. The van der Waals surface area contributed by atoms with Gasteiger partial charge in [-0.1, -0.05) is 79.6 Å². The van der Waals surface area contributed by atoms with Crippen LogP contribution < -0.4 is 0 Å². The van der Waals surface area contributed by atoms with Crippen LogP contribution in [0.25, 0.3) is 11.1 Å². The fourth-order valence-corrected chi connectivity index (χ4v) is 5.93. The van der Waals surface area contributed by atoms with E-state index in [9.17, 15) is 14.7 Å². The number of rotatable bonds is 8. The first-order chi connectivity index (χ1) is 19.4. The highest BCUT2D eigenvalue weighted by molar-refractivity contribution is 6.31. The summed E-state index contributed by atoms with van der Waals surface area (Å²) in [6, 6.07) is 15.9. The van der Waals surface area contributed by atoms with E-state index in [-0.39, 0.29) is 18.7 Å². The molecule has 6 nitrogen and oxygen atoms in total. The molecule has 0 saturated carbocycles. The number of nitrogens with zero attached hydrogens (tertiary/aromatic N) is 2. The van der Waals surface area contributed by atoms with Gasteiger partial charge in [-0.2, -0.15) is 0 Å². The molecule has 218 valence electrons. The molecule has 0 aromatic heterocycles. The molecule has 1 heterocycles. The van der Waals surface area contributed by atoms with Crippen molar-refractivity contribution in [2.24, 2.45) is 0 Å². The number of hydrogen-bond acceptors (Lipinski definition) is 4. The lowest BCUT2D eigenvalue weighted by Crippen LogP contribution is -2.60. The van der Waals surface area contributed by atoms with E-state index in [1.807, 2.05) is 45.0 Å². The van der Waals surface area contributed by atoms with Gasteiger partial charge in [0.15, 0.2) is 0 Å². The van der Waals surface area contributed by atoms with Gasteiger partial charge in [0, 0.05) is 17.3 Å². The van der Waals surface area contributed by atoms with Crippen molar-refractivity contribution in [2.75, 3.05) is 6.67 Å². The van der Waals surface area contributed by atoms with Crippen molar-refractivity contribution < 1.29 is 19.4 Å². The number of ether oxygens (including phenoxy) is 1. The first-order valence-corrected chi connectivity index (χ1v) is 14.7. The van der Waals surface area contributed by atoms with E-state index >= 15 is 0 Å². The summed E-state index contributed by atoms with van der Waals surface area (Å²) in [7, 11) is 0. The minimum Gasteiger partial charge on any atom is -0.465 e. The van der Waals surface area contributed by atoms with Crippen molar-refractivity contribution in [1.29, 1.82) is 0 Å². The van der Waals surface area contributed by atoms with Gasteiger partial charge >= 0.3 is 12.1 Å². The number of hydrogen-bond donors (Lipinski definition) is 1. The Morgan fingerprint density at radius 2 is 1.83 bits per heavy atom. The third-order valence-corrected chi connectivity index (χ3v) is 8.05. The number of benzene rings is 2. The summed E-state index contributed by atoms with van der Waals surface area (Å²) < 4.78 is 5.66. The second-order valence-corrected chi connectivity index (χ2v) is 12.4. The van der Waals surface area contributed by atoms with Crippen molar-refractivity contribution >= 4 is 23.7 Å². The molecule has 1 amide bonds. The summed E-state index contributed by atoms with van der Waals surface area (Å²) in [5.41, 5.74) is 3.64. The number of carboxylic acid groups (broad SMARTS) is 1. The molecule has 4 rings (SSSR count). The van der Waals surface area contributed by atoms with Crippen LogP contribution in [0.2, 0.25) is 0 Å². The van der Waals surface area contributed by atoms with E-state index in [0.717, 1.165) is 41.0 Å². The highest BCUT2D eigenvalue weighted by atomic mass is 35.5. The van der Waals surface area contributed by atoms with E-state index in [2.05, 4.69) is 55.2 Å². The van der Waals surface area contributed by atoms with E-state index < -0.39 is 17.2 Å². The van der Waals surface area contributed by atoms with Crippen LogP contribution in [0.3, 0.4) is 0 Å². The Balaban J connectivity index is 1.70. The molecule has 0 saturated heterocycles. The second kappa shape index (κ2) is 12.7. The quantitative estimate of drug-likeness (QED) is 0.320. The van der Waals surface area contributed by atoms with Crippen LogP contribution in [-0.4, -0.2) is 50.8 Å². The van der Waals surface area contributed by atoms with Crippen LogP contribution in [0.15, 0.2) is 83.6 Å². The van der Waals surface area contributed by atoms with E-state index in [4.69, 9.17) is 16.3 Å². The fraction of sp³-hybridized carbons (Fsp3) is 0.412. The SMILES string of the molecule is CCCCC1=CC(Cl)=CCC1(Cc1ccc(-c2ccccc2C(=O)OC(C)(C)C)cc1)N1CN(C(=O)O)C=CC1C. The number of allylic oxidation sites excluding steroid dienone is 2. The third-order valence-electron chi connectivity index (χ3n) is 7.79. The molecule has 1 aliphatic carbocycles. The number of unbranched alkanes of at least 4 members (excludes halogenated alkanes) is 1. The lowest BCUT2D eigenvalue weighted by molar-refractivity contribution is 0.00702. The van der Waals surface area contributed by atoms with Crippen molar-refractivity contribution in [3.05, 3.63) is 94.7 Å². The smallest absolute Gasteiger partial charge is 0.412 e. The van der Waals surface area contributed by atoms with Crippen molar-refractivity contribution in [1.82, 2.24) is 9.80 Å². The standard InChI is InChI=1S/C34H41ClN2O4/c1-6-7-10-27-21-28(35)17-19-34(27,37-23-36(32(39)40)20-18-24(37)2)22-25-13-15-26(16-14-25)29-11-8-9-12-30(29)31(38)41-33(3,4)5/h8-9,11-18,20-21,24H,6-7,10,19,22-23H2,1-5H3,(H,39,40). The van der Waals surface area contributed by atoms with Crippen LogP contribution in [0, 0.1) is 0 Å². The molecule has 2 aliphatic rings. The van der Waals surface area contributed by atoms with Crippen molar-refractivity contribution in [3.63, 3.8) is 0 Å². The zero-order valence-corrected chi connectivity index (χ0v) is 25.4. The van der Waals surface area contributed by atoms with Gasteiger partial charge in [-0.25, -0.2) is 9.59 Å². The lowest BCUT2D eigenvalue weighted by Gasteiger charge is -2.51. The average Bonchev–Trinajstić information content (AvgIpc) is 2.93. The lowest BCUT2D eigenvalue weighted by atomic mass is 9.74. The molecule has 2 aromatic carbocycles. The minimum absolute atomic E-state index is 0.0425. The van der Waals surface area contributed by atoms with Crippen molar-refractivity contribution in [2.45, 2.75) is 83.9 Å². The maximum Gasteiger partial charge on any atom is 0.412 e. The Bertz CT molecular complexity index is 1360. The molecule has 1 aliphatic heterocycles. The van der Waals surface area contributed by atoms with Crippen LogP contribution in [0.5, 0.6) is 0 Å². The zero-order valence-electron chi connectivity index (χ0n) is 24.7. The minimum atomic E-state index is -0.968. The van der Waals surface area contributed by atoms with Crippen LogP contribution in [-0.2, 0) is 11.2 Å². The van der Waals surface area contributed by atoms with Crippen LogP contribution in [0.1, 0.15) is 76.2 Å². The van der Waals surface area contributed by atoms with E-state index in [0.29, 0.717) is 18.4 Å². The van der Waals surface area contributed by atoms with Gasteiger partial charge in [-0.3, -0.25) is 9.80 Å². The summed E-state index contributed by atoms with van der Waals surface area (Å²) in [5, 5.41) is 10.5. The van der Waals surface area contributed by atoms with Gasteiger partial charge in [0.1, 0.15) is 5.60 Å². The Labute approximate surface area is 248 Å². The molecular weight excluding hydrogens is 536 g/mol. The monoisotopic (exact) mass is 576 g/mol. The van der Waals surface area contributed by atoms with Crippen LogP contribution >= 0.6 is 11.6 Å². The summed E-state index contributed by atoms with van der Waals surface area (Å²) in [6.07, 6.45) is 11.1. The maximum atomic E-state index is 13.0. The zero-order chi connectivity index (χ0) is 29.8. The number of carbonyl (C=O) groups is 2. The van der Waals surface area contributed by atoms with E-state index in [1.54, 1.807) is 12.3 Å². The number of carbonyl (C=O) groups excluding carboxylic acids is 1. The second-order valence-electron chi connectivity index (χ2n) is 12.0. The molecule has 0 spiro atoms. The Kier molecular flexibility index (Phi) is 9.45. The number of amides is 1. The molecule has 2 unspecified atom stereocenters. The Morgan fingerprint density at radius 3 is 2.49 bits per heavy atom. The van der Waals surface area contributed by atoms with Gasteiger partial charge in [0.25, 0.3) is 0 Å². The highest BCUT2D eigenvalue weighted by Gasteiger charge is 2.44. The fourth-order valence-electron chi connectivity index (χ4n) is 5.73. The predicted molar refractivity (Wildman–Crippen MR) is 165 cm³/mol. The number of halogens is 1. The normalized spacial score (nSPS) is 21.3. The van der Waals surface area contributed by atoms with Crippen molar-refractivity contribution in [3.8, 4) is 11.1 Å². The first kappa shape index (κ1) is 30.6. The largest absolute Gasteiger partial charge is 0.465 e. The summed E-state index contributed by atoms with van der Waals surface area (Å²) >= 11 is 6.55.